The van der Waals surface area contributed by atoms with E-state index in [2.05, 4.69) is 5.32 Å². The normalized spacial score (nSPS) is 15.8. The first-order valence-electron chi connectivity index (χ1n) is 6.34. The van der Waals surface area contributed by atoms with E-state index in [0.717, 1.165) is 28.6 Å². The number of halogens is 1. The van der Waals surface area contributed by atoms with Gasteiger partial charge in [0.1, 0.15) is 5.75 Å². The van der Waals surface area contributed by atoms with Gasteiger partial charge in [0.15, 0.2) is 0 Å². The highest BCUT2D eigenvalue weighted by Crippen LogP contribution is 2.27. The topological polar surface area (TPSA) is 81.4 Å². The maximum Gasteiger partial charge on any atom is 0.290 e. The Morgan fingerprint density at radius 3 is 2.71 bits per heavy atom. The summed E-state index contributed by atoms with van der Waals surface area (Å²) in [6.07, 6.45) is 2.39. The molecular formula is C14H17ClN2O3S. The van der Waals surface area contributed by atoms with Crippen molar-refractivity contribution in [3.05, 3.63) is 34.2 Å². The fourth-order valence-corrected chi connectivity index (χ4v) is 2.59. The molecule has 0 bridgehead atoms. The molecule has 1 saturated heterocycles. The minimum Gasteiger partial charge on any atom is -0.494 e. The standard InChI is InChI=1S/C14H16N2O3S.ClH/c1-2-19-11-4-3-9(7-10(11)5-6-15)8-12-13(17)16-14(18)20-12;/h3-4,7-8H,2,5-6,15H2,1H3,(H,16,17,18);1H. The van der Waals surface area contributed by atoms with Crippen LogP contribution in [0, 0.1) is 0 Å². The van der Waals surface area contributed by atoms with E-state index in [-0.39, 0.29) is 23.6 Å². The Morgan fingerprint density at radius 1 is 1.38 bits per heavy atom. The molecule has 1 aromatic rings. The summed E-state index contributed by atoms with van der Waals surface area (Å²) < 4.78 is 5.54. The number of amides is 2. The van der Waals surface area contributed by atoms with Gasteiger partial charge in [-0.2, -0.15) is 0 Å². The lowest BCUT2D eigenvalue weighted by Crippen LogP contribution is -2.17. The molecule has 0 spiro atoms. The van der Waals surface area contributed by atoms with Gasteiger partial charge in [-0.25, -0.2) is 0 Å². The van der Waals surface area contributed by atoms with E-state index in [0.29, 0.717) is 24.5 Å². The number of ether oxygens (including phenoxy) is 1. The lowest BCUT2D eigenvalue weighted by atomic mass is 10.1. The van der Waals surface area contributed by atoms with E-state index >= 15 is 0 Å². The van der Waals surface area contributed by atoms with Gasteiger partial charge in [-0.1, -0.05) is 6.07 Å². The lowest BCUT2D eigenvalue weighted by Gasteiger charge is -2.10. The Kier molecular flexibility index (Phi) is 6.74. The van der Waals surface area contributed by atoms with Crippen molar-refractivity contribution < 1.29 is 14.3 Å². The van der Waals surface area contributed by atoms with E-state index in [1.807, 2.05) is 25.1 Å². The van der Waals surface area contributed by atoms with Gasteiger partial charge in [0, 0.05) is 0 Å². The molecule has 114 valence electrons. The van der Waals surface area contributed by atoms with Crippen molar-refractivity contribution >= 4 is 41.4 Å². The maximum absolute atomic E-state index is 11.5. The molecule has 1 aromatic carbocycles. The molecule has 21 heavy (non-hydrogen) atoms. The Morgan fingerprint density at radius 2 is 2.14 bits per heavy atom. The summed E-state index contributed by atoms with van der Waals surface area (Å²) in [5.74, 6) is 0.453. The first kappa shape index (κ1) is 17.6. The van der Waals surface area contributed by atoms with Crippen LogP contribution in [-0.4, -0.2) is 24.3 Å². The fourth-order valence-electron chi connectivity index (χ4n) is 1.91. The second kappa shape index (κ2) is 8.07. The quantitative estimate of drug-likeness (QED) is 0.811. The molecule has 1 aliphatic heterocycles. The minimum atomic E-state index is -0.353. The molecule has 3 N–H and O–H groups in total. The van der Waals surface area contributed by atoms with Gasteiger partial charge in [0.25, 0.3) is 11.1 Å². The molecule has 0 atom stereocenters. The zero-order valence-corrected chi connectivity index (χ0v) is 13.2. The van der Waals surface area contributed by atoms with Crippen molar-refractivity contribution in [2.75, 3.05) is 13.2 Å². The van der Waals surface area contributed by atoms with Gasteiger partial charge in [0.05, 0.1) is 11.5 Å². The summed E-state index contributed by atoms with van der Waals surface area (Å²) in [6, 6.07) is 5.65. The number of nitrogens with one attached hydrogen (secondary N) is 1. The van der Waals surface area contributed by atoms with Crippen LogP contribution in [0.5, 0.6) is 5.75 Å². The van der Waals surface area contributed by atoms with Gasteiger partial charge in [-0.05, 0) is 61.0 Å². The third-order valence-corrected chi connectivity index (χ3v) is 3.55. The highest BCUT2D eigenvalue weighted by atomic mass is 35.5. The second-order valence-electron chi connectivity index (χ2n) is 4.19. The molecule has 2 rings (SSSR count). The number of imide groups is 1. The van der Waals surface area contributed by atoms with Crippen LogP contribution >= 0.6 is 24.2 Å². The molecule has 5 nitrogen and oxygen atoms in total. The Hall–Kier alpha value is -1.50. The molecule has 0 radical (unpaired) electrons. The van der Waals surface area contributed by atoms with Crippen molar-refractivity contribution in [3.8, 4) is 5.75 Å². The fraction of sp³-hybridized carbons (Fsp3) is 0.286. The van der Waals surface area contributed by atoms with E-state index in [1.54, 1.807) is 6.08 Å². The largest absolute Gasteiger partial charge is 0.494 e. The average Bonchev–Trinajstić information content (AvgIpc) is 2.71. The number of rotatable bonds is 5. The van der Waals surface area contributed by atoms with E-state index in [1.165, 1.54) is 0 Å². The molecule has 2 amide bonds. The van der Waals surface area contributed by atoms with Crippen LogP contribution in [0.15, 0.2) is 23.1 Å². The summed E-state index contributed by atoms with van der Waals surface area (Å²) in [5, 5.41) is 1.89. The second-order valence-corrected chi connectivity index (χ2v) is 5.21. The van der Waals surface area contributed by atoms with Crippen molar-refractivity contribution in [2.24, 2.45) is 5.73 Å². The maximum atomic E-state index is 11.5. The first-order valence-corrected chi connectivity index (χ1v) is 7.16. The molecule has 1 aliphatic rings. The van der Waals surface area contributed by atoms with Gasteiger partial charge in [-0.3, -0.25) is 14.9 Å². The van der Waals surface area contributed by atoms with Crippen LogP contribution in [0.4, 0.5) is 4.79 Å². The Labute approximate surface area is 133 Å². The number of thioether (sulfide) groups is 1. The molecule has 1 heterocycles. The number of carbonyl (C=O) groups excluding carboxylic acids is 2. The zero-order chi connectivity index (χ0) is 14.5. The van der Waals surface area contributed by atoms with Crippen molar-refractivity contribution in [1.29, 1.82) is 0 Å². The summed E-state index contributed by atoms with van der Waals surface area (Å²) in [7, 11) is 0. The molecule has 0 aliphatic carbocycles. The van der Waals surface area contributed by atoms with E-state index < -0.39 is 0 Å². The molecule has 0 saturated carbocycles. The van der Waals surface area contributed by atoms with E-state index in [4.69, 9.17) is 10.5 Å². The minimum absolute atomic E-state index is 0. The zero-order valence-electron chi connectivity index (χ0n) is 11.5. The summed E-state index contributed by atoms with van der Waals surface area (Å²) in [4.78, 5) is 23.0. The molecule has 7 heteroatoms. The smallest absolute Gasteiger partial charge is 0.290 e. The van der Waals surface area contributed by atoms with Crippen molar-refractivity contribution in [1.82, 2.24) is 5.32 Å². The highest BCUT2D eigenvalue weighted by molar-refractivity contribution is 8.18. The number of hydrogen-bond acceptors (Lipinski definition) is 5. The van der Waals surface area contributed by atoms with Crippen molar-refractivity contribution in [3.63, 3.8) is 0 Å². The van der Waals surface area contributed by atoms with Gasteiger partial charge < -0.3 is 10.5 Å². The van der Waals surface area contributed by atoms with E-state index in [9.17, 15) is 9.59 Å². The van der Waals surface area contributed by atoms with Crippen LogP contribution in [-0.2, 0) is 11.2 Å². The third kappa shape index (κ3) is 4.49. The average molecular weight is 329 g/mol. The van der Waals surface area contributed by atoms with Crippen LogP contribution in [0.3, 0.4) is 0 Å². The summed E-state index contributed by atoms with van der Waals surface area (Å²) in [5.41, 5.74) is 7.45. The lowest BCUT2D eigenvalue weighted by molar-refractivity contribution is -0.115. The van der Waals surface area contributed by atoms with Crippen LogP contribution in [0.2, 0.25) is 0 Å². The Bertz CT molecular complexity index is 575. The Balaban J connectivity index is 0.00000220. The van der Waals surface area contributed by atoms with Crippen molar-refractivity contribution in [2.45, 2.75) is 13.3 Å². The van der Waals surface area contributed by atoms with Crippen LogP contribution < -0.4 is 15.8 Å². The molecule has 0 aromatic heterocycles. The summed E-state index contributed by atoms with van der Waals surface area (Å²) in [6.45, 7) is 3.03. The number of carbonyl (C=O) groups is 2. The van der Waals surface area contributed by atoms with Crippen LogP contribution in [0.25, 0.3) is 6.08 Å². The molecular weight excluding hydrogens is 312 g/mol. The number of nitrogens with two attached hydrogens (primary N) is 1. The predicted octanol–water partition coefficient (Wildman–Crippen LogP) is 2.33. The molecule has 1 fully saturated rings. The van der Waals surface area contributed by atoms with Crippen LogP contribution in [0.1, 0.15) is 18.1 Å². The monoisotopic (exact) mass is 328 g/mol. The first-order chi connectivity index (χ1) is 9.63. The van der Waals surface area contributed by atoms with Gasteiger partial charge in [0.2, 0.25) is 0 Å². The predicted molar refractivity (Wildman–Crippen MR) is 86.7 cm³/mol. The number of hydrogen-bond donors (Lipinski definition) is 2. The number of benzene rings is 1. The van der Waals surface area contributed by atoms with Gasteiger partial charge >= 0.3 is 0 Å². The SMILES string of the molecule is CCOc1ccc(C=C2SC(=O)NC2=O)cc1CCN.Cl. The van der Waals surface area contributed by atoms with Gasteiger partial charge in [-0.15, -0.1) is 12.4 Å². The summed E-state index contributed by atoms with van der Waals surface area (Å²) >= 11 is 0.908. The highest BCUT2D eigenvalue weighted by Gasteiger charge is 2.24. The molecule has 0 unspecified atom stereocenters. The third-order valence-electron chi connectivity index (χ3n) is 2.74.